The molecule has 1 aliphatic rings. The van der Waals surface area contributed by atoms with Crippen molar-refractivity contribution in [3.63, 3.8) is 0 Å². The van der Waals surface area contributed by atoms with Crippen LogP contribution in [0.2, 0.25) is 14.9 Å². The fourth-order valence-corrected chi connectivity index (χ4v) is 4.92. The molecule has 0 aromatic heterocycles. The second-order valence-electron chi connectivity index (χ2n) is 3.18. The van der Waals surface area contributed by atoms with Crippen LogP contribution in [0.5, 0.6) is 0 Å². The summed E-state index contributed by atoms with van der Waals surface area (Å²) in [7, 11) is 0. The van der Waals surface area contributed by atoms with Gasteiger partial charge in [0.2, 0.25) is 0 Å². The standard InChI is InChI=1S/C5H14O2Te/c1-8(2,3)6-4-5-7-8/h8H,4-5H2,1-3H3. The Bertz CT molecular complexity index is 92.7. The zero-order chi connectivity index (χ0) is 6.28. The van der Waals surface area contributed by atoms with Crippen molar-refractivity contribution in [1.29, 1.82) is 0 Å². The van der Waals surface area contributed by atoms with Crippen LogP contribution >= 0.6 is 0 Å². The molecule has 1 aliphatic heterocycles. The van der Waals surface area contributed by atoms with Gasteiger partial charge >= 0.3 is 52.0 Å². The molecule has 8 heavy (non-hydrogen) atoms. The van der Waals surface area contributed by atoms with E-state index < -0.39 is 17.6 Å². The molecular formula is C5H14O2Te. The Balaban J connectivity index is 2.67. The summed E-state index contributed by atoms with van der Waals surface area (Å²) in [6, 6.07) is 0. The van der Waals surface area contributed by atoms with Crippen molar-refractivity contribution in [2.75, 3.05) is 13.2 Å². The molecule has 3 heteroatoms. The summed E-state index contributed by atoms with van der Waals surface area (Å²) in [6.45, 7) is 1.62. The molecule has 0 aromatic carbocycles. The van der Waals surface area contributed by atoms with Crippen LogP contribution < -0.4 is 0 Å². The first kappa shape index (κ1) is 6.82. The van der Waals surface area contributed by atoms with Crippen LogP contribution in [-0.2, 0) is 6.20 Å². The minimum absolute atomic E-state index is 0.811. The van der Waals surface area contributed by atoms with Gasteiger partial charge in [-0.2, -0.15) is 0 Å². The molecule has 0 atom stereocenters. The third-order valence-electron chi connectivity index (χ3n) is 1.15. The van der Waals surface area contributed by atoms with E-state index in [1.165, 1.54) is 0 Å². The summed E-state index contributed by atoms with van der Waals surface area (Å²) in [5, 5.41) is 0. The topological polar surface area (TPSA) is 18.5 Å². The third-order valence-corrected chi connectivity index (χ3v) is 7.21. The molecule has 0 unspecified atom stereocenters. The maximum absolute atomic E-state index is 5.51. The Hall–Kier alpha value is 0.710. The summed E-state index contributed by atoms with van der Waals surface area (Å²) >= 11 is -2.69. The van der Waals surface area contributed by atoms with Crippen LogP contribution in [0.4, 0.5) is 0 Å². The van der Waals surface area contributed by atoms with Crippen LogP contribution in [0.1, 0.15) is 0 Å². The average molecular weight is 234 g/mol. The van der Waals surface area contributed by atoms with E-state index in [9.17, 15) is 0 Å². The molecule has 1 rings (SSSR count). The first-order valence-corrected chi connectivity index (χ1v) is 12.5. The molecule has 52 valence electrons. The molecule has 1 heterocycles. The molecule has 0 bridgehead atoms. The van der Waals surface area contributed by atoms with E-state index in [4.69, 9.17) is 6.20 Å². The Morgan fingerprint density at radius 2 is 1.38 bits per heavy atom. The Kier molecular flexibility index (Phi) is 1.37. The van der Waals surface area contributed by atoms with Crippen LogP contribution in [0, 0.1) is 0 Å². The van der Waals surface area contributed by atoms with Gasteiger partial charge in [0.25, 0.3) is 0 Å². The second kappa shape index (κ2) is 1.60. The van der Waals surface area contributed by atoms with Crippen molar-refractivity contribution in [2.24, 2.45) is 0 Å². The molecule has 0 spiro atoms. The predicted molar refractivity (Wildman–Crippen MR) is 36.6 cm³/mol. The molecular weight excluding hydrogens is 220 g/mol. The Morgan fingerprint density at radius 1 is 1.00 bits per heavy atom. The first-order chi connectivity index (χ1) is 3.47. The fraction of sp³-hybridized carbons (Fsp3) is 1.00. The van der Waals surface area contributed by atoms with Gasteiger partial charge in [0.05, 0.1) is 0 Å². The summed E-state index contributed by atoms with van der Waals surface area (Å²) in [5.74, 6) is 0. The quantitative estimate of drug-likeness (QED) is 0.583. The Labute approximate surface area is 52.2 Å². The van der Waals surface area contributed by atoms with Crippen molar-refractivity contribution in [3.8, 4) is 0 Å². The van der Waals surface area contributed by atoms with E-state index >= 15 is 0 Å². The van der Waals surface area contributed by atoms with Crippen LogP contribution in [-0.4, -0.2) is 30.8 Å². The van der Waals surface area contributed by atoms with Crippen molar-refractivity contribution in [3.05, 3.63) is 0 Å². The molecule has 2 nitrogen and oxygen atoms in total. The Morgan fingerprint density at radius 3 is 1.50 bits per heavy atom. The van der Waals surface area contributed by atoms with Gasteiger partial charge in [0.1, 0.15) is 0 Å². The zero-order valence-corrected chi connectivity index (χ0v) is 8.23. The van der Waals surface area contributed by atoms with E-state index in [2.05, 4.69) is 14.9 Å². The number of rotatable bonds is 0. The van der Waals surface area contributed by atoms with Crippen molar-refractivity contribution in [2.45, 2.75) is 14.9 Å². The average Bonchev–Trinajstić information content (AvgIpc) is 1.81. The summed E-state index contributed by atoms with van der Waals surface area (Å²) < 4.78 is 11.0. The summed E-state index contributed by atoms with van der Waals surface area (Å²) in [4.78, 5) is 6.42. The van der Waals surface area contributed by atoms with E-state index in [1.807, 2.05) is 0 Å². The number of hydrogen-bond donors (Lipinski definition) is 0. The van der Waals surface area contributed by atoms with Gasteiger partial charge in [-0.3, -0.25) is 0 Å². The van der Waals surface area contributed by atoms with Gasteiger partial charge in [-0.05, 0) is 0 Å². The third kappa shape index (κ3) is 1.60. The molecule has 0 radical (unpaired) electrons. The van der Waals surface area contributed by atoms with Gasteiger partial charge in [0.15, 0.2) is 0 Å². The maximum atomic E-state index is 5.51. The predicted octanol–water partition coefficient (Wildman–Crippen LogP) is 1.05. The van der Waals surface area contributed by atoms with Gasteiger partial charge in [-0.1, -0.05) is 0 Å². The fourth-order valence-electron chi connectivity index (χ4n) is 0.734. The van der Waals surface area contributed by atoms with E-state index in [-0.39, 0.29) is 0 Å². The van der Waals surface area contributed by atoms with Crippen molar-refractivity contribution < 1.29 is 6.20 Å². The molecule has 0 amide bonds. The van der Waals surface area contributed by atoms with Crippen LogP contribution in [0.15, 0.2) is 0 Å². The van der Waals surface area contributed by atoms with Gasteiger partial charge in [-0.25, -0.2) is 0 Å². The molecule has 1 saturated heterocycles. The van der Waals surface area contributed by atoms with Crippen LogP contribution in [0.25, 0.3) is 0 Å². The van der Waals surface area contributed by atoms with Gasteiger partial charge < -0.3 is 0 Å². The van der Waals surface area contributed by atoms with Gasteiger partial charge in [0, 0.05) is 0 Å². The van der Waals surface area contributed by atoms with E-state index in [0.717, 1.165) is 13.2 Å². The second-order valence-corrected chi connectivity index (χ2v) is 19.0. The first-order valence-electron chi connectivity index (χ1n) is 2.78. The summed E-state index contributed by atoms with van der Waals surface area (Å²) in [5.41, 5.74) is 0. The monoisotopic (exact) mass is 236 g/mol. The molecule has 0 saturated carbocycles. The SMILES string of the molecule is C[TeH]1(C)(C)OCCO1. The van der Waals surface area contributed by atoms with Gasteiger partial charge in [-0.15, -0.1) is 0 Å². The number of hydrogen-bond acceptors (Lipinski definition) is 2. The van der Waals surface area contributed by atoms with E-state index in [1.54, 1.807) is 0 Å². The molecule has 0 aliphatic carbocycles. The summed E-state index contributed by atoms with van der Waals surface area (Å²) in [6.07, 6.45) is 0. The van der Waals surface area contributed by atoms with Crippen molar-refractivity contribution in [1.82, 2.24) is 0 Å². The van der Waals surface area contributed by atoms with E-state index in [0.29, 0.717) is 0 Å². The zero-order valence-electron chi connectivity index (χ0n) is 5.68. The normalized spacial score (nSPS) is 38.1. The minimum atomic E-state index is -2.69. The van der Waals surface area contributed by atoms with Crippen LogP contribution in [0.3, 0.4) is 0 Å². The molecule has 0 aromatic rings. The molecule has 1 fully saturated rings. The molecule has 0 N–H and O–H groups in total. The van der Waals surface area contributed by atoms with Crippen molar-refractivity contribution >= 4 is 17.6 Å².